The molecule has 3 rings (SSSR count). The second kappa shape index (κ2) is 10.6. The van der Waals surface area contributed by atoms with Crippen molar-refractivity contribution >= 4 is 28.9 Å². The molecule has 0 aliphatic carbocycles. The molecule has 0 saturated carbocycles. The Morgan fingerprint density at radius 3 is 2.52 bits per heavy atom. The summed E-state index contributed by atoms with van der Waals surface area (Å²) in [6.45, 7) is 7.71. The van der Waals surface area contributed by atoms with Crippen LogP contribution in [0.15, 0.2) is 79.6 Å². The SMILES string of the molecule is C=CC(=O)N(c1ccc(N(C)C)c(C)c1)C(C(=O)Nc1cccc(CC)c1)c1cccnc1. The van der Waals surface area contributed by atoms with Gasteiger partial charge in [0.05, 0.1) is 0 Å². The lowest BCUT2D eigenvalue weighted by atomic mass is 10.0. The van der Waals surface area contributed by atoms with Gasteiger partial charge < -0.3 is 10.2 Å². The highest BCUT2D eigenvalue weighted by molar-refractivity contribution is 6.09. The van der Waals surface area contributed by atoms with Crippen molar-refractivity contribution in [3.63, 3.8) is 0 Å². The van der Waals surface area contributed by atoms with Crippen LogP contribution < -0.4 is 15.1 Å². The van der Waals surface area contributed by atoms with Gasteiger partial charge in [-0.05, 0) is 66.9 Å². The number of benzene rings is 2. The standard InChI is InChI=1S/C27H30N4O2/c1-6-20-10-8-12-22(17-20)29-27(33)26(21-11-9-15-28-18-21)31(25(32)7-2)23-13-14-24(30(4)5)19(3)16-23/h7-18,26H,2,6H2,1,3-5H3,(H,29,33). The van der Waals surface area contributed by atoms with Gasteiger partial charge in [-0.1, -0.05) is 31.7 Å². The third-order valence-corrected chi connectivity index (χ3v) is 5.46. The van der Waals surface area contributed by atoms with E-state index in [4.69, 9.17) is 0 Å². The number of amides is 2. The van der Waals surface area contributed by atoms with Crippen LogP contribution in [-0.2, 0) is 16.0 Å². The lowest BCUT2D eigenvalue weighted by Gasteiger charge is -2.31. The molecule has 1 heterocycles. The number of nitrogens with one attached hydrogen (secondary N) is 1. The monoisotopic (exact) mass is 442 g/mol. The second-order valence-electron chi connectivity index (χ2n) is 8.01. The number of aromatic nitrogens is 1. The summed E-state index contributed by atoms with van der Waals surface area (Å²) in [6, 6.07) is 16.0. The molecule has 3 aromatic rings. The van der Waals surface area contributed by atoms with E-state index in [0.717, 1.165) is 23.2 Å². The Hall–Kier alpha value is -3.93. The molecule has 1 N–H and O–H groups in total. The van der Waals surface area contributed by atoms with Crippen molar-refractivity contribution in [2.45, 2.75) is 26.3 Å². The molecular formula is C27H30N4O2. The molecule has 2 amide bonds. The zero-order valence-electron chi connectivity index (χ0n) is 19.6. The van der Waals surface area contributed by atoms with E-state index in [1.165, 1.54) is 11.0 Å². The van der Waals surface area contributed by atoms with E-state index in [1.54, 1.807) is 24.5 Å². The minimum absolute atomic E-state index is 0.333. The Morgan fingerprint density at radius 2 is 1.91 bits per heavy atom. The first-order valence-electron chi connectivity index (χ1n) is 10.9. The molecule has 0 bridgehead atoms. The zero-order chi connectivity index (χ0) is 24.0. The van der Waals surface area contributed by atoms with E-state index in [1.807, 2.05) is 68.4 Å². The van der Waals surface area contributed by atoms with Crippen molar-refractivity contribution in [3.05, 3.63) is 96.3 Å². The molecule has 0 radical (unpaired) electrons. The summed E-state index contributed by atoms with van der Waals surface area (Å²) < 4.78 is 0. The van der Waals surface area contributed by atoms with Crippen molar-refractivity contribution in [1.82, 2.24) is 4.98 Å². The first-order valence-corrected chi connectivity index (χ1v) is 10.9. The molecule has 0 aliphatic heterocycles. The molecule has 6 nitrogen and oxygen atoms in total. The van der Waals surface area contributed by atoms with Gasteiger partial charge in [-0.25, -0.2) is 0 Å². The number of carbonyl (C=O) groups excluding carboxylic acids is 2. The minimum Gasteiger partial charge on any atom is -0.377 e. The summed E-state index contributed by atoms with van der Waals surface area (Å²) in [5, 5.41) is 2.99. The number of pyridine rings is 1. The van der Waals surface area contributed by atoms with Crippen LogP contribution in [0.3, 0.4) is 0 Å². The molecule has 0 saturated heterocycles. The van der Waals surface area contributed by atoms with E-state index in [-0.39, 0.29) is 11.8 Å². The van der Waals surface area contributed by atoms with E-state index >= 15 is 0 Å². The summed E-state index contributed by atoms with van der Waals surface area (Å²) >= 11 is 0. The van der Waals surface area contributed by atoms with Crippen LogP contribution in [0.4, 0.5) is 17.1 Å². The van der Waals surface area contributed by atoms with Crippen molar-refractivity contribution in [2.75, 3.05) is 29.2 Å². The van der Waals surface area contributed by atoms with Crippen LogP contribution in [-0.4, -0.2) is 30.9 Å². The highest BCUT2D eigenvalue weighted by atomic mass is 16.2. The van der Waals surface area contributed by atoms with Crippen LogP contribution in [0.5, 0.6) is 0 Å². The van der Waals surface area contributed by atoms with E-state index in [2.05, 4.69) is 23.8 Å². The Labute approximate surface area is 195 Å². The van der Waals surface area contributed by atoms with Gasteiger partial charge in [0.25, 0.3) is 11.8 Å². The molecule has 0 fully saturated rings. The molecule has 6 heteroatoms. The highest BCUT2D eigenvalue weighted by Gasteiger charge is 2.32. The fourth-order valence-electron chi connectivity index (χ4n) is 3.83. The zero-order valence-corrected chi connectivity index (χ0v) is 19.6. The number of carbonyl (C=O) groups is 2. The van der Waals surface area contributed by atoms with Gasteiger partial charge in [-0.3, -0.25) is 19.5 Å². The van der Waals surface area contributed by atoms with Gasteiger partial charge in [0.2, 0.25) is 0 Å². The third kappa shape index (κ3) is 5.47. The Morgan fingerprint density at radius 1 is 1.12 bits per heavy atom. The molecule has 1 atom stereocenters. The summed E-state index contributed by atoms with van der Waals surface area (Å²) in [7, 11) is 3.93. The van der Waals surface area contributed by atoms with E-state index < -0.39 is 6.04 Å². The van der Waals surface area contributed by atoms with Crippen molar-refractivity contribution in [2.24, 2.45) is 0 Å². The van der Waals surface area contributed by atoms with Crippen molar-refractivity contribution in [3.8, 4) is 0 Å². The number of hydrogen-bond donors (Lipinski definition) is 1. The predicted molar refractivity (Wildman–Crippen MR) is 135 cm³/mol. The van der Waals surface area contributed by atoms with E-state index in [0.29, 0.717) is 16.9 Å². The highest BCUT2D eigenvalue weighted by Crippen LogP contribution is 2.32. The minimum atomic E-state index is -0.931. The van der Waals surface area contributed by atoms with E-state index in [9.17, 15) is 9.59 Å². The first-order chi connectivity index (χ1) is 15.8. The molecule has 0 aliphatic rings. The fraction of sp³-hybridized carbons (Fsp3) is 0.222. The molecular weight excluding hydrogens is 412 g/mol. The third-order valence-electron chi connectivity index (χ3n) is 5.46. The van der Waals surface area contributed by atoms with Gasteiger partial charge >= 0.3 is 0 Å². The summed E-state index contributed by atoms with van der Waals surface area (Å²) in [4.78, 5) is 34.4. The normalized spacial score (nSPS) is 11.4. The van der Waals surface area contributed by atoms with Crippen molar-refractivity contribution in [1.29, 1.82) is 0 Å². The smallest absolute Gasteiger partial charge is 0.252 e. The van der Waals surface area contributed by atoms with Gasteiger partial charge in [0, 0.05) is 49.1 Å². The molecule has 1 unspecified atom stereocenters. The number of aryl methyl sites for hydroxylation is 2. The maximum Gasteiger partial charge on any atom is 0.252 e. The Kier molecular flexibility index (Phi) is 7.61. The van der Waals surface area contributed by atoms with Crippen LogP contribution in [0, 0.1) is 6.92 Å². The predicted octanol–water partition coefficient (Wildman–Crippen LogP) is 4.92. The maximum absolute atomic E-state index is 13.6. The van der Waals surface area contributed by atoms with Gasteiger partial charge in [0.15, 0.2) is 0 Å². The quantitative estimate of drug-likeness (QED) is 0.503. The van der Waals surface area contributed by atoms with Crippen molar-refractivity contribution < 1.29 is 9.59 Å². The lowest BCUT2D eigenvalue weighted by Crippen LogP contribution is -2.41. The van der Waals surface area contributed by atoms with Gasteiger partial charge in [-0.2, -0.15) is 0 Å². The first kappa shape index (κ1) is 23.7. The lowest BCUT2D eigenvalue weighted by molar-refractivity contribution is -0.121. The molecule has 170 valence electrons. The largest absolute Gasteiger partial charge is 0.377 e. The van der Waals surface area contributed by atoms with Gasteiger partial charge in [0.1, 0.15) is 6.04 Å². The summed E-state index contributed by atoms with van der Waals surface area (Å²) in [6.07, 6.45) is 5.33. The molecule has 2 aromatic carbocycles. The Balaban J connectivity index is 2.09. The molecule has 0 spiro atoms. The topological polar surface area (TPSA) is 65.5 Å². The second-order valence-corrected chi connectivity index (χ2v) is 8.01. The summed E-state index contributed by atoms with van der Waals surface area (Å²) in [5.41, 5.74) is 5.02. The molecule has 1 aromatic heterocycles. The average Bonchev–Trinajstić information content (AvgIpc) is 2.82. The number of anilines is 3. The van der Waals surface area contributed by atoms with Gasteiger partial charge in [-0.15, -0.1) is 0 Å². The summed E-state index contributed by atoms with van der Waals surface area (Å²) in [5.74, 6) is -0.709. The maximum atomic E-state index is 13.6. The Bertz CT molecular complexity index is 1140. The average molecular weight is 443 g/mol. The van der Waals surface area contributed by atoms with Crippen LogP contribution in [0.25, 0.3) is 0 Å². The fourth-order valence-corrected chi connectivity index (χ4v) is 3.83. The van der Waals surface area contributed by atoms with Crippen LogP contribution in [0.1, 0.15) is 29.7 Å². The van der Waals surface area contributed by atoms with Crippen LogP contribution >= 0.6 is 0 Å². The van der Waals surface area contributed by atoms with Crippen LogP contribution in [0.2, 0.25) is 0 Å². The number of hydrogen-bond acceptors (Lipinski definition) is 4. The number of nitrogens with zero attached hydrogens (tertiary/aromatic N) is 3. The molecule has 33 heavy (non-hydrogen) atoms. The number of rotatable bonds is 8.